The second kappa shape index (κ2) is 9.92. The quantitative estimate of drug-likeness (QED) is 0.471. The molecule has 2 heterocycles. The third kappa shape index (κ3) is 5.12. The van der Waals surface area contributed by atoms with Crippen molar-refractivity contribution in [3.8, 4) is 0 Å². The number of rotatable bonds is 6. The molecular formula is C21H29N5O2. The van der Waals surface area contributed by atoms with Crippen LogP contribution in [-0.2, 0) is 22.6 Å². The van der Waals surface area contributed by atoms with Crippen LogP contribution in [0.15, 0.2) is 47.7 Å². The number of aliphatic imine (C=N–C) groups is 1. The van der Waals surface area contributed by atoms with Gasteiger partial charge in [-0.05, 0) is 25.3 Å². The molecule has 0 radical (unpaired) electrons. The highest BCUT2D eigenvalue weighted by atomic mass is 16.5. The number of ether oxygens (including phenoxy) is 1. The highest BCUT2D eigenvalue weighted by molar-refractivity contribution is 5.80. The predicted molar refractivity (Wildman–Crippen MR) is 109 cm³/mol. The Morgan fingerprint density at radius 2 is 2.04 bits per heavy atom. The lowest BCUT2D eigenvalue weighted by atomic mass is 9.97. The third-order valence-corrected chi connectivity index (χ3v) is 5.03. The van der Waals surface area contributed by atoms with Gasteiger partial charge in [-0.15, -0.1) is 0 Å². The van der Waals surface area contributed by atoms with Gasteiger partial charge in [0.15, 0.2) is 5.96 Å². The Bertz CT molecular complexity index is 779. The summed E-state index contributed by atoms with van der Waals surface area (Å²) >= 11 is 0. The molecule has 7 nitrogen and oxygen atoms in total. The number of aromatic nitrogens is 2. The average molecular weight is 383 g/mol. The fraction of sp³-hybridized carbons (Fsp3) is 0.476. The van der Waals surface area contributed by atoms with Crippen molar-refractivity contribution in [3.05, 3.63) is 54.1 Å². The van der Waals surface area contributed by atoms with E-state index in [1.54, 1.807) is 7.05 Å². The fourth-order valence-electron chi connectivity index (χ4n) is 3.51. The minimum Gasteiger partial charge on any atom is -0.466 e. The molecule has 0 spiro atoms. The van der Waals surface area contributed by atoms with Gasteiger partial charge in [0.2, 0.25) is 0 Å². The van der Waals surface area contributed by atoms with E-state index in [4.69, 9.17) is 4.74 Å². The Balaban J connectivity index is 1.53. The lowest BCUT2D eigenvalue weighted by Gasteiger charge is -2.33. The van der Waals surface area contributed by atoms with Crippen LogP contribution in [0.25, 0.3) is 0 Å². The maximum atomic E-state index is 11.9. The monoisotopic (exact) mass is 383 g/mol. The van der Waals surface area contributed by atoms with E-state index in [-0.39, 0.29) is 11.9 Å². The lowest BCUT2D eigenvalue weighted by molar-refractivity contribution is -0.149. The summed E-state index contributed by atoms with van der Waals surface area (Å²) in [7, 11) is 1.79. The Kier molecular flexibility index (Phi) is 7.06. The molecule has 28 heavy (non-hydrogen) atoms. The minimum absolute atomic E-state index is 0.000854. The van der Waals surface area contributed by atoms with Crippen LogP contribution in [0, 0.1) is 5.92 Å². The number of carbonyl (C=O) groups is 1. The second-order valence-corrected chi connectivity index (χ2v) is 6.87. The lowest BCUT2D eigenvalue weighted by Crippen LogP contribution is -2.46. The first kappa shape index (κ1) is 19.9. The molecule has 1 saturated heterocycles. The van der Waals surface area contributed by atoms with Crippen LogP contribution in [-0.4, -0.2) is 53.1 Å². The van der Waals surface area contributed by atoms with Gasteiger partial charge in [-0.25, -0.2) is 4.98 Å². The predicted octanol–water partition coefficient (Wildman–Crippen LogP) is 2.28. The molecule has 150 valence electrons. The molecule has 1 aromatic carbocycles. The first-order valence-electron chi connectivity index (χ1n) is 9.87. The number of benzene rings is 1. The molecule has 0 atom stereocenters. The smallest absolute Gasteiger partial charge is 0.309 e. The number of likely N-dealkylation sites (tertiary alicyclic amines) is 1. The molecule has 7 heteroatoms. The van der Waals surface area contributed by atoms with E-state index in [1.807, 2.05) is 37.5 Å². The topological polar surface area (TPSA) is 71.8 Å². The summed E-state index contributed by atoms with van der Waals surface area (Å²) in [6.07, 6.45) is 5.41. The number of carbonyl (C=O) groups excluding carboxylic acids is 1. The zero-order chi connectivity index (χ0) is 19.8. The number of esters is 1. The first-order chi connectivity index (χ1) is 13.7. The van der Waals surface area contributed by atoms with Gasteiger partial charge in [0.25, 0.3) is 0 Å². The summed E-state index contributed by atoms with van der Waals surface area (Å²) in [5.74, 6) is 1.73. The van der Waals surface area contributed by atoms with E-state index in [2.05, 4.69) is 36.9 Å². The van der Waals surface area contributed by atoms with E-state index in [0.29, 0.717) is 13.2 Å². The SMILES string of the molecule is CCOC(=O)C1CCN(C(=NC)NCc2nccn2Cc2ccccc2)CC1. The molecule has 0 saturated carbocycles. The highest BCUT2D eigenvalue weighted by Crippen LogP contribution is 2.18. The maximum Gasteiger partial charge on any atom is 0.309 e. The summed E-state index contributed by atoms with van der Waals surface area (Å²) in [5, 5.41) is 3.41. The van der Waals surface area contributed by atoms with Crippen LogP contribution >= 0.6 is 0 Å². The number of piperidine rings is 1. The van der Waals surface area contributed by atoms with Crippen LogP contribution < -0.4 is 5.32 Å². The third-order valence-electron chi connectivity index (χ3n) is 5.03. The van der Waals surface area contributed by atoms with Crippen molar-refractivity contribution >= 4 is 11.9 Å². The van der Waals surface area contributed by atoms with Crippen molar-refractivity contribution in [2.45, 2.75) is 32.9 Å². The van der Waals surface area contributed by atoms with E-state index >= 15 is 0 Å². The van der Waals surface area contributed by atoms with Gasteiger partial charge in [0.05, 0.1) is 19.1 Å². The van der Waals surface area contributed by atoms with Crippen LogP contribution in [0.3, 0.4) is 0 Å². The summed E-state index contributed by atoms with van der Waals surface area (Å²) in [4.78, 5) is 23.0. The summed E-state index contributed by atoms with van der Waals surface area (Å²) < 4.78 is 7.29. The zero-order valence-corrected chi connectivity index (χ0v) is 16.7. The molecule has 0 bridgehead atoms. The van der Waals surface area contributed by atoms with E-state index < -0.39 is 0 Å². The van der Waals surface area contributed by atoms with E-state index in [0.717, 1.165) is 44.3 Å². The van der Waals surface area contributed by atoms with Crippen molar-refractivity contribution in [3.63, 3.8) is 0 Å². The standard InChI is InChI=1S/C21H29N5O2/c1-3-28-20(27)18-9-12-25(13-10-18)21(22-2)24-15-19-23-11-14-26(19)16-17-7-5-4-6-8-17/h4-8,11,14,18H,3,9-10,12-13,15-16H2,1-2H3,(H,22,24). The van der Waals surface area contributed by atoms with Crippen molar-refractivity contribution < 1.29 is 9.53 Å². The van der Waals surface area contributed by atoms with Crippen LogP contribution in [0.4, 0.5) is 0 Å². The van der Waals surface area contributed by atoms with Gasteiger partial charge < -0.3 is 19.5 Å². The van der Waals surface area contributed by atoms with Gasteiger partial charge >= 0.3 is 5.97 Å². The Hall–Kier alpha value is -2.83. The Labute approximate surface area is 166 Å². The Morgan fingerprint density at radius 3 is 2.71 bits per heavy atom. The second-order valence-electron chi connectivity index (χ2n) is 6.87. The minimum atomic E-state index is -0.0759. The molecule has 0 aliphatic carbocycles. The van der Waals surface area contributed by atoms with Gasteiger partial charge in [0, 0.05) is 39.1 Å². The van der Waals surface area contributed by atoms with Gasteiger partial charge in [0.1, 0.15) is 5.82 Å². The van der Waals surface area contributed by atoms with E-state index in [9.17, 15) is 4.79 Å². The van der Waals surface area contributed by atoms with Crippen LogP contribution in [0.5, 0.6) is 0 Å². The molecular weight excluding hydrogens is 354 g/mol. The van der Waals surface area contributed by atoms with Crippen LogP contribution in [0.2, 0.25) is 0 Å². The molecule has 1 aromatic heterocycles. The maximum absolute atomic E-state index is 11.9. The number of hydrogen-bond acceptors (Lipinski definition) is 4. The number of nitrogens with one attached hydrogen (secondary N) is 1. The molecule has 1 N–H and O–H groups in total. The van der Waals surface area contributed by atoms with Crippen molar-refractivity contribution in [2.24, 2.45) is 10.9 Å². The summed E-state index contributed by atoms with van der Waals surface area (Å²) in [5.41, 5.74) is 1.24. The molecule has 1 fully saturated rings. The van der Waals surface area contributed by atoms with Crippen molar-refractivity contribution in [1.29, 1.82) is 0 Å². The molecule has 1 aliphatic heterocycles. The zero-order valence-electron chi connectivity index (χ0n) is 16.7. The number of guanidine groups is 1. The normalized spacial score (nSPS) is 15.5. The van der Waals surface area contributed by atoms with Crippen molar-refractivity contribution in [2.75, 3.05) is 26.7 Å². The van der Waals surface area contributed by atoms with Gasteiger partial charge in [-0.3, -0.25) is 9.79 Å². The summed E-state index contributed by atoms with van der Waals surface area (Å²) in [6.45, 7) is 5.27. The summed E-state index contributed by atoms with van der Waals surface area (Å²) in [6, 6.07) is 10.3. The van der Waals surface area contributed by atoms with Crippen molar-refractivity contribution in [1.82, 2.24) is 19.8 Å². The number of hydrogen-bond donors (Lipinski definition) is 1. The van der Waals surface area contributed by atoms with Crippen LogP contribution in [0.1, 0.15) is 31.2 Å². The molecule has 2 aromatic rings. The number of imidazole rings is 1. The highest BCUT2D eigenvalue weighted by Gasteiger charge is 2.27. The molecule has 0 unspecified atom stereocenters. The first-order valence-corrected chi connectivity index (χ1v) is 9.87. The van der Waals surface area contributed by atoms with Gasteiger partial charge in [-0.1, -0.05) is 30.3 Å². The van der Waals surface area contributed by atoms with E-state index in [1.165, 1.54) is 5.56 Å². The number of nitrogens with zero attached hydrogens (tertiary/aromatic N) is 4. The molecule has 3 rings (SSSR count). The Morgan fingerprint density at radius 1 is 1.29 bits per heavy atom. The van der Waals surface area contributed by atoms with Gasteiger partial charge in [-0.2, -0.15) is 0 Å². The largest absolute Gasteiger partial charge is 0.466 e. The fourth-order valence-corrected chi connectivity index (χ4v) is 3.51. The average Bonchev–Trinajstić information content (AvgIpc) is 3.17. The molecule has 1 aliphatic rings. The molecule has 0 amide bonds.